The normalized spacial score (nSPS) is 15.4. The number of carbonyl (C=O) groups is 1. The molecule has 0 saturated carbocycles. The van der Waals surface area contributed by atoms with Gasteiger partial charge in [0.05, 0.1) is 13.7 Å². The molecule has 1 aromatic heterocycles. The van der Waals surface area contributed by atoms with E-state index in [-0.39, 0.29) is 5.91 Å². The van der Waals surface area contributed by atoms with E-state index in [0.29, 0.717) is 31.2 Å². The lowest BCUT2D eigenvalue weighted by Gasteiger charge is -2.33. The third-order valence-electron chi connectivity index (χ3n) is 4.65. The summed E-state index contributed by atoms with van der Waals surface area (Å²) in [5.41, 5.74) is 2.58. The van der Waals surface area contributed by atoms with Crippen LogP contribution in [0.2, 0.25) is 0 Å². The van der Waals surface area contributed by atoms with Crippen molar-refractivity contribution < 1.29 is 9.53 Å². The highest BCUT2D eigenvalue weighted by Gasteiger charge is 2.28. The Hall–Kier alpha value is -2.41. The summed E-state index contributed by atoms with van der Waals surface area (Å²) in [4.78, 5) is 17.0. The number of likely N-dealkylation sites (N-methyl/N-ethyl adjacent to an activating group) is 1. The van der Waals surface area contributed by atoms with Crippen molar-refractivity contribution in [1.29, 1.82) is 0 Å². The number of ether oxygens (including phenoxy) is 1. The maximum absolute atomic E-state index is 12.8. The maximum atomic E-state index is 12.8. The van der Waals surface area contributed by atoms with Gasteiger partial charge in [0, 0.05) is 26.2 Å². The summed E-state index contributed by atoms with van der Waals surface area (Å²) in [5.74, 6) is 0.311. The first-order valence-electron chi connectivity index (χ1n) is 8.67. The number of amides is 1. The zero-order chi connectivity index (χ0) is 17.8. The van der Waals surface area contributed by atoms with Gasteiger partial charge < -0.3 is 14.5 Å². The molecule has 7 heteroatoms. The summed E-state index contributed by atoms with van der Waals surface area (Å²) in [6, 6.07) is 8.19. The zero-order valence-electron chi connectivity index (χ0n) is 15.1. The van der Waals surface area contributed by atoms with Crippen molar-refractivity contribution in [2.75, 3.05) is 39.8 Å². The van der Waals surface area contributed by atoms with E-state index in [1.165, 1.54) is 5.56 Å². The predicted octanol–water partition coefficient (Wildman–Crippen LogP) is 1.42. The van der Waals surface area contributed by atoms with E-state index in [0.717, 1.165) is 25.2 Å². The first-order chi connectivity index (χ1) is 12.1. The number of hydrogen-bond donors (Lipinski definition) is 0. The molecule has 1 aliphatic heterocycles. The molecule has 0 spiro atoms. The van der Waals surface area contributed by atoms with E-state index >= 15 is 0 Å². The highest BCUT2D eigenvalue weighted by molar-refractivity contribution is 5.94. The quantitative estimate of drug-likeness (QED) is 0.822. The average Bonchev–Trinajstić information content (AvgIpc) is 3.05. The Morgan fingerprint density at radius 2 is 1.84 bits per heavy atom. The van der Waals surface area contributed by atoms with E-state index in [2.05, 4.69) is 41.2 Å². The molecule has 0 aliphatic carbocycles. The first-order valence-corrected chi connectivity index (χ1v) is 8.67. The number of carbonyl (C=O) groups excluding carboxylic acids is 1. The van der Waals surface area contributed by atoms with Crippen molar-refractivity contribution in [3.05, 3.63) is 41.1 Å². The maximum Gasteiger partial charge on any atom is 0.280 e. The van der Waals surface area contributed by atoms with Crippen LogP contribution in [0.3, 0.4) is 0 Å². The molecule has 1 aromatic carbocycles. The van der Waals surface area contributed by atoms with Crippen molar-refractivity contribution >= 4 is 5.91 Å². The van der Waals surface area contributed by atoms with Crippen molar-refractivity contribution in [1.82, 2.24) is 24.8 Å². The molecule has 0 N–H and O–H groups in total. The molecule has 3 rings (SSSR count). The fourth-order valence-corrected chi connectivity index (χ4v) is 3.03. The molecule has 0 bridgehead atoms. The molecule has 0 atom stereocenters. The lowest BCUT2D eigenvalue weighted by Crippen LogP contribution is -2.48. The van der Waals surface area contributed by atoms with E-state index in [1.54, 1.807) is 11.8 Å². The fraction of sp³-hybridized carbons (Fsp3) is 0.500. The van der Waals surface area contributed by atoms with Gasteiger partial charge in [-0.1, -0.05) is 42.0 Å². The highest BCUT2D eigenvalue weighted by Crippen LogP contribution is 2.19. The second-order valence-corrected chi connectivity index (χ2v) is 6.32. The largest absolute Gasteiger partial charge is 0.479 e. The molecule has 2 aromatic rings. The lowest BCUT2D eigenvalue weighted by molar-refractivity contribution is 0.0634. The minimum absolute atomic E-state index is 0.109. The summed E-state index contributed by atoms with van der Waals surface area (Å²) in [6.07, 6.45) is 0. The van der Waals surface area contributed by atoms with Gasteiger partial charge in [-0.05, 0) is 19.0 Å². The van der Waals surface area contributed by atoms with Gasteiger partial charge in [-0.3, -0.25) is 4.79 Å². The Balaban J connectivity index is 1.75. The van der Waals surface area contributed by atoms with Crippen molar-refractivity contribution in [2.24, 2.45) is 0 Å². The highest BCUT2D eigenvalue weighted by atomic mass is 16.5. The number of hydrogen-bond acceptors (Lipinski definition) is 5. The molecule has 1 fully saturated rings. The van der Waals surface area contributed by atoms with Crippen LogP contribution in [0.5, 0.6) is 5.88 Å². The second kappa shape index (κ2) is 7.65. The van der Waals surface area contributed by atoms with E-state index in [4.69, 9.17) is 4.74 Å². The van der Waals surface area contributed by atoms with Crippen molar-refractivity contribution in [3.8, 4) is 5.88 Å². The Morgan fingerprint density at radius 1 is 1.16 bits per heavy atom. The first kappa shape index (κ1) is 17.4. The summed E-state index contributed by atoms with van der Waals surface area (Å²) in [5, 5.41) is 8.23. The van der Waals surface area contributed by atoms with Crippen LogP contribution in [0, 0.1) is 6.92 Å². The molecule has 1 aliphatic rings. The van der Waals surface area contributed by atoms with Crippen LogP contribution >= 0.6 is 0 Å². The van der Waals surface area contributed by atoms with Gasteiger partial charge in [-0.15, -0.1) is 5.10 Å². The number of aromatic nitrogens is 3. The van der Waals surface area contributed by atoms with Gasteiger partial charge in [0.1, 0.15) is 0 Å². The van der Waals surface area contributed by atoms with Gasteiger partial charge in [-0.2, -0.15) is 0 Å². The zero-order valence-corrected chi connectivity index (χ0v) is 15.1. The Labute approximate surface area is 148 Å². The standard InChI is InChI=1S/C18H25N5O2/c1-4-21-9-11-22(12-10-21)17(24)16-18(25-3)23(20-19-16)13-15-7-5-14(2)6-8-15/h5-8H,4,9-13H2,1-3H3. The molecule has 25 heavy (non-hydrogen) atoms. The number of nitrogens with zero attached hydrogens (tertiary/aromatic N) is 5. The second-order valence-electron chi connectivity index (χ2n) is 6.32. The molecular weight excluding hydrogens is 318 g/mol. The molecule has 1 amide bonds. The Bertz CT molecular complexity index is 718. The molecule has 0 unspecified atom stereocenters. The number of benzene rings is 1. The van der Waals surface area contributed by atoms with Gasteiger partial charge in [-0.25, -0.2) is 4.68 Å². The van der Waals surface area contributed by atoms with Crippen molar-refractivity contribution in [2.45, 2.75) is 20.4 Å². The van der Waals surface area contributed by atoms with Crippen LogP contribution < -0.4 is 4.74 Å². The van der Waals surface area contributed by atoms with Crippen LogP contribution in [-0.2, 0) is 6.54 Å². The lowest BCUT2D eigenvalue weighted by atomic mass is 10.1. The summed E-state index contributed by atoms with van der Waals surface area (Å²) in [6.45, 7) is 8.92. The number of piperazine rings is 1. The predicted molar refractivity (Wildman–Crippen MR) is 94.9 cm³/mol. The molecule has 134 valence electrons. The molecule has 2 heterocycles. The van der Waals surface area contributed by atoms with E-state index < -0.39 is 0 Å². The number of methoxy groups -OCH3 is 1. The summed E-state index contributed by atoms with van der Waals surface area (Å²) in [7, 11) is 1.55. The average molecular weight is 343 g/mol. The van der Waals surface area contributed by atoms with Crippen LogP contribution in [0.25, 0.3) is 0 Å². The topological polar surface area (TPSA) is 63.5 Å². The van der Waals surface area contributed by atoms with Crippen molar-refractivity contribution in [3.63, 3.8) is 0 Å². The molecular formula is C18H25N5O2. The van der Waals surface area contributed by atoms with Crippen LogP contribution in [0.15, 0.2) is 24.3 Å². The SMILES string of the molecule is CCN1CCN(C(=O)c2nnn(Cc3ccc(C)cc3)c2OC)CC1. The third kappa shape index (κ3) is 3.82. The van der Waals surface area contributed by atoms with Crippen LogP contribution in [-0.4, -0.2) is 70.5 Å². The van der Waals surface area contributed by atoms with E-state index in [9.17, 15) is 4.79 Å². The number of rotatable bonds is 5. The van der Waals surface area contributed by atoms with Gasteiger partial charge in [0.2, 0.25) is 11.6 Å². The van der Waals surface area contributed by atoms with Crippen LogP contribution in [0.1, 0.15) is 28.5 Å². The van der Waals surface area contributed by atoms with Gasteiger partial charge in [0.25, 0.3) is 5.91 Å². The third-order valence-corrected chi connectivity index (χ3v) is 4.65. The van der Waals surface area contributed by atoms with Gasteiger partial charge in [0.15, 0.2) is 0 Å². The minimum atomic E-state index is -0.109. The fourth-order valence-electron chi connectivity index (χ4n) is 3.03. The Morgan fingerprint density at radius 3 is 2.44 bits per heavy atom. The minimum Gasteiger partial charge on any atom is -0.479 e. The smallest absolute Gasteiger partial charge is 0.280 e. The molecule has 7 nitrogen and oxygen atoms in total. The summed E-state index contributed by atoms with van der Waals surface area (Å²) >= 11 is 0. The van der Waals surface area contributed by atoms with Crippen LogP contribution in [0.4, 0.5) is 0 Å². The van der Waals surface area contributed by atoms with Gasteiger partial charge >= 0.3 is 0 Å². The summed E-state index contributed by atoms with van der Waals surface area (Å²) < 4.78 is 7.09. The monoisotopic (exact) mass is 343 g/mol. The number of aryl methyl sites for hydroxylation is 1. The molecule has 0 radical (unpaired) electrons. The van der Waals surface area contributed by atoms with E-state index in [1.807, 2.05) is 17.0 Å². The molecule has 1 saturated heterocycles. The Kier molecular flexibility index (Phi) is 5.33.